The Labute approximate surface area is 125 Å². The molecule has 0 saturated carbocycles. The standard InChI is InChI=1S/C15H14BrNOS/c1-17(2)13-5-3-11(4-6-13)15(18)8-7-14-9-12(16)10-19-14/h3-10H,1-2H3/b8-7+. The van der Waals surface area contributed by atoms with Crippen LogP contribution in [0, 0.1) is 0 Å². The van der Waals surface area contributed by atoms with Crippen molar-refractivity contribution in [3.8, 4) is 0 Å². The number of benzene rings is 1. The van der Waals surface area contributed by atoms with Gasteiger partial charge in [-0.1, -0.05) is 0 Å². The molecule has 0 N–H and O–H groups in total. The van der Waals surface area contributed by atoms with Crippen molar-refractivity contribution >= 4 is 44.8 Å². The zero-order valence-corrected chi connectivity index (χ0v) is 13.2. The van der Waals surface area contributed by atoms with Crippen LogP contribution < -0.4 is 4.90 Å². The van der Waals surface area contributed by atoms with E-state index in [9.17, 15) is 4.79 Å². The van der Waals surface area contributed by atoms with Crippen molar-refractivity contribution in [3.05, 3.63) is 56.7 Å². The summed E-state index contributed by atoms with van der Waals surface area (Å²) in [5.74, 6) is 0.0230. The fraction of sp³-hybridized carbons (Fsp3) is 0.133. The topological polar surface area (TPSA) is 20.3 Å². The Hall–Kier alpha value is -1.39. The van der Waals surface area contributed by atoms with Crippen molar-refractivity contribution in [3.63, 3.8) is 0 Å². The lowest BCUT2D eigenvalue weighted by Gasteiger charge is -2.11. The fourth-order valence-electron chi connectivity index (χ4n) is 1.59. The van der Waals surface area contributed by atoms with Gasteiger partial charge in [0, 0.05) is 40.1 Å². The monoisotopic (exact) mass is 335 g/mol. The van der Waals surface area contributed by atoms with E-state index in [-0.39, 0.29) is 5.78 Å². The minimum atomic E-state index is 0.0230. The molecule has 98 valence electrons. The molecular formula is C15H14BrNOS. The largest absolute Gasteiger partial charge is 0.378 e. The number of carbonyl (C=O) groups excluding carboxylic acids is 1. The summed E-state index contributed by atoms with van der Waals surface area (Å²) in [6.45, 7) is 0. The predicted molar refractivity (Wildman–Crippen MR) is 86.2 cm³/mol. The second-order valence-corrected chi connectivity index (χ2v) is 6.16. The number of halogens is 1. The molecule has 0 aliphatic rings. The molecule has 0 fully saturated rings. The van der Waals surface area contributed by atoms with E-state index in [1.807, 2.05) is 60.8 Å². The van der Waals surface area contributed by atoms with Gasteiger partial charge in [-0.15, -0.1) is 11.3 Å². The van der Waals surface area contributed by atoms with Gasteiger partial charge in [0.15, 0.2) is 5.78 Å². The highest BCUT2D eigenvalue weighted by molar-refractivity contribution is 9.10. The predicted octanol–water partition coefficient (Wildman–Crippen LogP) is 4.47. The first-order chi connectivity index (χ1) is 9.06. The van der Waals surface area contributed by atoms with Crippen molar-refractivity contribution in [2.75, 3.05) is 19.0 Å². The maximum absolute atomic E-state index is 12.0. The Morgan fingerprint density at radius 1 is 1.26 bits per heavy atom. The maximum Gasteiger partial charge on any atom is 0.185 e. The van der Waals surface area contributed by atoms with Gasteiger partial charge in [0.1, 0.15) is 0 Å². The molecular weight excluding hydrogens is 322 g/mol. The summed E-state index contributed by atoms with van der Waals surface area (Å²) in [7, 11) is 3.96. The van der Waals surface area contributed by atoms with Crippen molar-refractivity contribution in [2.45, 2.75) is 0 Å². The quantitative estimate of drug-likeness (QED) is 0.606. The summed E-state index contributed by atoms with van der Waals surface area (Å²) in [6, 6.07) is 9.59. The van der Waals surface area contributed by atoms with Crippen LogP contribution in [0.25, 0.3) is 6.08 Å². The van der Waals surface area contributed by atoms with Crippen LogP contribution in [0.1, 0.15) is 15.2 Å². The summed E-state index contributed by atoms with van der Waals surface area (Å²) in [4.78, 5) is 15.1. The van der Waals surface area contributed by atoms with Crippen molar-refractivity contribution < 1.29 is 4.79 Å². The first kappa shape index (κ1) is 14.0. The Kier molecular flexibility index (Phi) is 4.56. The lowest BCUT2D eigenvalue weighted by Crippen LogP contribution is -2.08. The summed E-state index contributed by atoms with van der Waals surface area (Å²) in [6.07, 6.45) is 3.46. The molecule has 0 spiro atoms. The lowest BCUT2D eigenvalue weighted by atomic mass is 10.1. The van der Waals surface area contributed by atoms with Crippen LogP contribution in [0.5, 0.6) is 0 Å². The molecule has 4 heteroatoms. The molecule has 2 rings (SSSR count). The summed E-state index contributed by atoms with van der Waals surface area (Å²) in [5, 5.41) is 2.00. The van der Waals surface area contributed by atoms with Crippen LogP contribution in [-0.4, -0.2) is 19.9 Å². The molecule has 1 aromatic heterocycles. The average molecular weight is 336 g/mol. The molecule has 0 unspecified atom stereocenters. The third-order valence-electron chi connectivity index (χ3n) is 2.65. The minimum absolute atomic E-state index is 0.0230. The SMILES string of the molecule is CN(C)c1ccc(C(=O)/C=C/c2cc(Br)cs2)cc1. The summed E-state index contributed by atoms with van der Waals surface area (Å²) < 4.78 is 1.04. The van der Waals surface area contributed by atoms with Gasteiger partial charge >= 0.3 is 0 Å². The normalized spacial score (nSPS) is 10.9. The maximum atomic E-state index is 12.0. The highest BCUT2D eigenvalue weighted by atomic mass is 79.9. The molecule has 0 atom stereocenters. The van der Waals surface area contributed by atoms with E-state index in [1.54, 1.807) is 17.4 Å². The number of allylic oxidation sites excluding steroid dienone is 1. The van der Waals surface area contributed by atoms with Gasteiger partial charge in [-0.2, -0.15) is 0 Å². The molecule has 1 aromatic carbocycles. The average Bonchev–Trinajstić information content (AvgIpc) is 2.82. The molecule has 0 radical (unpaired) electrons. The third-order valence-corrected chi connectivity index (χ3v) is 4.31. The number of anilines is 1. The van der Waals surface area contributed by atoms with E-state index in [0.29, 0.717) is 5.56 Å². The summed E-state index contributed by atoms with van der Waals surface area (Å²) in [5.41, 5.74) is 1.79. The van der Waals surface area contributed by atoms with E-state index < -0.39 is 0 Å². The van der Waals surface area contributed by atoms with Crippen LogP contribution in [0.15, 0.2) is 46.3 Å². The molecule has 1 heterocycles. The van der Waals surface area contributed by atoms with Crippen LogP contribution >= 0.6 is 27.3 Å². The molecule has 0 bridgehead atoms. The Bertz CT molecular complexity index is 599. The van der Waals surface area contributed by atoms with E-state index in [1.165, 1.54) is 0 Å². The smallest absolute Gasteiger partial charge is 0.185 e. The number of carbonyl (C=O) groups is 1. The van der Waals surface area contributed by atoms with Crippen molar-refractivity contribution in [1.82, 2.24) is 0 Å². The van der Waals surface area contributed by atoms with Gasteiger partial charge in [-0.3, -0.25) is 4.79 Å². The Morgan fingerprint density at radius 3 is 2.47 bits per heavy atom. The number of ketones is 1. The highest BCUT2D eigenvalue weighted by Gasteiger charge is 2.03. The highest BCUT2D eigenvalue weighted by Crippen LogP contribution is 2.21. The second kappa shape index (κ2) is 6.17. The van der Waals surface area contributed by atoms with Crippen LogP contribution in [-0.2, 0) is 0 Å². The number of hydrogen-bond donors (Lipinski definition) is 0. The van der Waals surface area contributed by atoms with Gasteiger partial charge in [-0.25, -0.2) is 0 Å². The van der Waals surface area contributed by atoms with Gasteiger partial charge in [0.2, 0.25) is 0 Å². The van der Waals surface area contributed by atoms with Gasteiger partial charge in [0.25, 0.3) is 0 Å². The minimum Gasteiger partial charge on any atom is -0.378 e. The van der Waals surface area contributed by atoms with E-state index in [4.69, 9.17) is 0 Å². The zero-order chi connectivity index (χ0) is 13.8. The number of thiophene rings is 1. The third kappa shape index (κ3) is 3.78. The lowest BCUT2D eigenvalue weighted by molar-refractivity contribution is 0.104. The number of rotatable bonds is 4. The van der Waals surface area contributed by atoms with Crippen LogP contribution in [0.4, 0.5) is 5.69 Å². The Balaban J connectivity index is 2.09. The van der Waals surface area contributed by atoms with E-state index in [0.717, 1.165) is 15.0 Å². The number of hydrogen-bond acceptors (Lipinski definition) is 3. The zero-order valence-electron chi connectivity index (χ0n) is 10.8. The second-order valence-electron chi connectivity index (χ2n) is 4.31. The fourth-order valence-corrected chi connectivity index (χ4v) is 2.93. The first-order valence-corrected chi connectivity index (χ1v) is 7.47. The van der Waals surface area contributed by atoms with Crippen LogP contribution in [0.2, 0.25) is 0 Å². The molecule has 19 heavy (non-hydrogen) atoms. The molecule has 2 aromatic rings. The molecule has 0 amide bonds. The molecule has 0 aliphatic carbocycles. The van der Waals surface area contributed by atoms with Gasteiger partial charge < -0.3 is 4.90 Å². The van der Waals surface area contributed by atoms with Crippen molar-refractivity contribution in [1.29, 1.82) is 0 Å². The van der Waals surface area contributed by atoms with E-state index >= 15 is 0 Å². The van der Waals surface area contributed by atoms with E-state index in [2.05, 4.69) is 15.9 Å². The first-order valence-electron chi connectivity index (χ1n) is 5.80. The number of nitrogens with zero attached hydrogens (tertiary/aromatic N) is 1. The molecule has 0 aliphatic heterocycles. The van der Waals surface area contributed by atoms with Gasteiger partial charge in [0.05, 0.1) is 0 Å². The van der Waals surface area contributed by atoms with Gasteiger partial charge in [-0.05, 0) is 58.4 Å². The van der Waals surface area contributed by atoms with Crippen molar-refractivity contribution in [2.24, 2.45) is 0 Å². The Morgan fingerprint density at radius 2 is 1.95 bits per heavy atom. The molecule has 0 saturated heterocycles. The summed E-state index contributed by atoms with van der Waals surface area (Å²) >= 11 is 4.99. The molecule has 2 nitrogen and oxygen atoms in total. The van der Waals surface area contributed by atoms with Crippen LogP contribution in [0.3, 0.4) is 0 Å².